The molecule has 2 N–H and O–H groups in total. The van der Waals surface area contributed by atoms with Crippen LogP contribution in [0.25, 0.3) is 0 Å². The molecule has 0 aliphatic carbocycles. The topological polar surface area (TPSA) is 109 Å². The molecule has 1 atom stereocenters. The lowest BCUT2D eigenvalue weighted by Gasteiger charge is -2.24. The van der Waals surface area contributed by atoms with E-state index >= 15 is 0 Å². The van der Waals surface area contributed by atoms with E-state index in [1.54, 1.807) is 6.92 Å². The van der Waals surface area contributed by atoms with Gasteiger partial charge in [0.1, 0.15) is 12.0 Å². The van der Waals surface area contributed by atoms with Gasteiger partial charge in [-0.15, -0.1) is 0 Å². The van der Waals surface area contributed by atoms with Crippen LogP contribution in [-0.4, -0.2) is 52.1 Å². The first kappa shape index (κ1) is 15.8. The highest BCUT2D eigenvalue weighted by Crippen LogP contribution is 2.21. The average Bonchev–Trinajstić information content (AvgIpc) is 2.45. The van der Waals surface area contributed by atoms with Crippen molar-refractivity contribution in [2.24, 2.45) is 0 Å². The van der Waals surface area contributed by atoms with Gasteiger partial charge in [-0.25, -0.2) is 4.98 Å². The molecule has 1 aromatic rings. The number of nitrogens with one attached hydrogen (secondary N) is 1. The number of amides is 1. The third kappa shape index (κ3) is 3.41. The molecule has 20 heavy (non-hydrogen) atoms. The number of anilines is 1. The number of hydrogen-bond donors (Lipinski definition) is 2. The summed E-state index contributed by atoms with van der Waals surface area (Å²) in [5.74, 6) is -0.140. The predicted molar refractivity (Wildman–Crippen MR) is 73.7 cm³/mol. The Morgan fingerprint density at radius 2 is 2.30 bits per heavy atom. The fourth-order valence-electron chi connectivity index (χ4n) is 1.54. The monoisotopic (exact) mass is 282 g/mol. The van der Waals surface area contributed by atoms with E-state index < -0.39 is 16.9 Å². The first-order valence-electron chi connectivity index (χ1n) is 6.18. The Morgan fingerprint density at radius 1 is 1.65 bits per heavy atom. The first-order valence-corrected chi connectivity index (χ1v) is 6.18. The summed E-state index contributed by atoms with van der Waals surface area (Å²) in [7, 11) is 1.53. The van der Waals surface area contributed by atoms with Crippen LogP contribution in [-0.2, 0) is 0 Å². The lowest BCUT2D eigenvalue weighted by Crippen LogP contribution is -2.37. The van der Waals surface area contributed by atoms with Crippen molar-refractivity contribution in [1.82, 2.24) is 9.88 Å². The van der Waals surface area contributed by atoms with Crippen molar-refractivity contribution < 1.29 is 14.8 Å². The van der Waals surface area contributed by atoms with Gasteiger partial charge in [0.15, 0.2) is 0 Å². The van der Waals surface area contributed by atoms with Gasteiger partial charge in [-0.05, 0) is 13.8 Å². The zero-order valence-corrected chi connectivity index (χ0v) is 11.7. The molecule has 110 valence electrons. The average molecular weight is 282 g/mol. The standard InChI is InChI=1S/C12H18N4O4/c1-4-13-11-10(5-9(6-14-11)16(19)20)12(18)15(3)8(2)7-17/h5-6,8,17H,4,7H2,1-3H3,(H,13,14). The molecule has 0 saturated heterocycles. The number of carbonyl (C=O) groups excluding carboxylic acids is 1. The van der Waals surface area contributed by atoms with Crippen LogP contribution in [0.4, 0.5) is 11.5 Å². The van der Waals surface area contributed by atoms with Crippen LogP contribution in [0, 0.1) is 10.1 Å². The Balaban J connectivity index is 3.21. The molecule has 0 aromatic carbocycles. The highest BCUT2D eigenvalue weighted by molar-refractivity contribution is 5.99. The van der Waals surface area contributed by atoms with Gasteiger partial charge >= 0.3 is 0 Å². The Kier molecular flexibility index (Phi) is 5.39. The van der Waals surface area contributed by atoms with Crippen molar-refractivity contribution in [2.45, 2.75) is 19.9 Å². The number of pyridine rings is 1. The van der Waals surface area contributed by atoms with E-state index in [1.807, 2.05) is 6.92 Å². The van der Waals surface area contributed by atoms with Crippen molar-refractivity contribution in [3.05, 3.63) is 27.9 Å². The van der Waals surface area contributed by atoms with E-state index in [9.17, 15) is 14.9 Å². The Labute approximate surface area is 116 Å². The SMILES string of the molecule is CCNc1ncc([N+](=O)[O-])cc1C(=O)N(C)C(C)CO. The third-order valence-corrected chi connectivity index (χ3v) is 2.90. The van der Waals surface area contributed by atoms with Gasteiger partial charge < -0.3 is 15.3 Å². The molecule has 0 fully saturated rings. The lowest BCUT2D eigenvalue weighted by atomic mass is 10.2. The number of likely N-dealkylation sites (N-methyl/N-ethyl adjacent to an activating group) is 1. The van der Waals surface area contributed by atoms with Gasteiger partial charge in [0.05, 0.1) is 23.1 Å². The van der Waals surface area contributed by atoms with E-state index in [4.69, 9.17) is 5.11 Å². The summed E-state index contributed by atoms with van der Waals surface area (Å²) in [6.45, 7) is 3.85. The third-order valence-electron chi connectivity index (χ3n) is 2.90. The summed E-state index contributed by atoms with van der Waals surface area (Å²) >= 11 is 0. The summed E-state index contributed by atoms with van der Waals surface area (Å²) < 4.78 is 0. The minimum Gasteiger partial charge on any atom is -0.394 e. The van der Waals surface area contributed by atoms with E-state index in [2.05, 4.69) is 10.3 Å². The first-order chi connectivity index (χ1) is 9.42. The van der Waals surface area contributed by atoms with Crippen LogP contribution in [0.3, 0.4) is 0 Å². The Hall–Kier alpha value is -2.22. The van der Waals surface area contributed by atoms with E-state index in [-0.39, 0.29) is 17.9 Å². The molecular formula is C12H18N4O4. The van der Waals surface area contributed by atoms with Gasteiger partial charge in [0.25, 0.3) is 11.6 Å². The normalized spacial score (nSPS) is 11.8. The maximum atomic E-state index is 12.3. The summed E-state index contributed by atoms with van der Waals surface area (Å²) in [5.41, 5.74) is -0.135. The fourth-order valence-corrected chi connectivity index (χ4v) is 1.54. The van der Waals surface area contributed by atoms with Gasteiger partial charge in [0, 0.05) is 19.7 Å². The Morgan fingerprint density at radius 3 is 2.80 bits per heavy atom. The number of aliphatic hydroxyl groups excluding tert-OH is 1. The largest absolute Gasteiger partial charge is 0.394 e. The van der Waals surface area contributed by atoms with Crippen molar-refractivity contribution in [3.8, 4) is 0 Å². The second-order valence-electron chi connectivity index (χ2n) is 4.32. The Bertz CT molecular complexity index is 506. The minimum absolute atomic E-state index is 0.115. The number of nitro groups is 1. The molecule has 8 heteroatoms. The summed E-state index contributed by atoms with van der Waals surface area (Å²) in [5, 5.41) is 22.8. The number of rotatable bonds is 6. The van der Waals surface area contributed by atoms with Crippen molar-refractivity contribution in [3.63, 3.8) is 0 Å². The summed E-state index contributed by atoms with van der Waals surface area (Å²) in [6, 6.07) is 0.796. The molecule has 1 amide bonds. The van der Waals surface area contributed by atoms with Crippen LogP contribution in [0.5, 0.6) is 0 Å². The molecular weight excluding hydrogens is 264 g/mol. The highest BCUT2D eigenvalue weighted by atomic mass is 16.6. The van der Waals surface area contributed by atoms with Crippen LogP contribution in [0.15, 0.2) is 12.3 Å². The van der Waals surface area contributed by atoms with E-state index in [0.717, 1.165) is 6.20 Å². The molecule has 1 aromatic heterocycles. The lowest BCUT2D eigenvalue weighted by molar-refractivity contribution is -0.385. The van der Waals surface area contributed by atoms with Crippen LogP contribution >= 0.6 is 0 Å². The zero-order chi connectivity index (χ0) is 15.3. The second-order valence-corrected chi connectivity index (χ2v) is 4.32. The van der Waals surface area contributed by atoms with Crippen molar-refractivity contribution in [1.29, 1.82) is 0 Å². The molecule has 0 aliphatic heterocycles. The zero-order valence-electron chi connectivity index (χ0n) is 11.7. The number of aromatic nitrogens is 1. The van der Waals surface area contributed by atoms with Crippen molar-refractivity contribution in [2.75, 3.05) is 25.5 Å². The molecule has 0 spiro atoms. The smallest absolute Gasteiger partial charge is 0.288 e. The van der Waals surface area contributed by atoms with E-state index in [1.165, 1.54) is 18.0 Å². The molecule has 0 radical (unpaired) electrons. The minimum atomic E-state index is -0.602. The number of aliphatic hydroxyl groups is 1. The maximum Gasteiger partial charge on any atom is 0.288 e. The van der Waals surface area contributed by atoms with Crippen LogP contribution in [0.2, 0.25) is 0 Å². The van der Waals surface area contributed by atoms with Gasteiger partial charge in [-0.3, -0.25) is 14.9 Å². The summed E-state index contributed by atoms with van der Waals surface area (Å²) in [4.78, 5) is 27.7. The molecule has 1 heterocycles. The number of hydrogen-bond acceptors (Lipinski definition) is 6. The molecule has 0 aliphatic rings. The summed E-state index contributed by atoms with van der Waals surface area (Å²) in [6.07, 6.45) is 1.10. The van der Waals surface area contributed by atoms with Gasteiger partial charge in [-0.2, -0.15) is 0 Å². The second kappa shape index (κ2) is 6.80. The quantitative estimate of drug-likeness (QED) is 0.592. The highest BCUT2D eigenvalue weighted by Gasteiger charge is 2.23. The molecule has 0 saturated carbocycles. The number of nitrogens with zero attached hydrogens (tertiary/aromatic N) is 3. The fraction of sp³-hybridized carbons (Fsp3) is 0.500. The van der Waals surface area contributed by atoms with Gasteiger partial charge in [0.2, 0.25) is 0 Å². The van der Waals surface area contributed by atoms with E-state index in [0.29, 0.717) is 12.4 Å². The predicted octanol–water partition coefficient (Wildman–Crippen LogP) is 0.874. The molecule has 1 unspecified atom stereocenters. The van der Waals surface area contributed by atoms with Gasteiger partial charge in [-0.1, -0.05) is 0 Å². The van der Waals surface area contributed by atoms with Crippen LogP contribution in [0.1, 0.15) is 24.2 Å². The van der Waals surface area contributed by atoms with Crippen LogP contribution < -0.4 is 5.32 Å². The molecule has 8 nitrogen and oxygen atoms in total. The molecule has 0 bridgehead atoms. The molecule has 1 rings (SSSR count). The van der Waals surface area contributed by atoms with Crippen molar-refractivity contribution >= 4 is 17.4 Å². The maximum absolute atomic E-state index is 12.3. The number of carbonyl (C=O) groups is 1.